The van der Waals surface area contributed by atoms with E-state index in [1.54, 1.807) is 18.3 Å². The van der Waals surface area contributed by atoms with Crippen LogP contribution in [0.1, 0.15) is 13.8 Å². The van der Waals surface area contributed by atoms with Crippen LogP contribution in [0, 0.1) is 0 Å². The topological polar surface area (TPSA) is 62.6 Å². The zero-order valence-electron chi connectivity index (χ0n) is 7.64. The van der Waals surface area contributed by atoms with E-state index in [-0.39, 0.29) is 17.4 Å². The molecule has 0 radical (unpaired) electrons. The molecule has 70 valence electrons. The molecule has 1 rings (SSSR count). The molecular weight excluding hydrogens is 169 g/mol. The van der Waals surface area contributed by atoms with Crippen LogP contribution in [0.4, 0.5) is 0 Å². The molecule has 5 heteroatoms. The molecule has 13 heavy (non-hydrogen) atoms. The Bertz CT molecular complexity index is 278. The summed E-state index contributed by atoms with van der Waals surface area (Å²) in [6.45, 7) is 3.70. The third-order valence-electron chi connectivity index (χ3n) is 1.43. The van der Waals surface area contributed by atoms with Crippen LogP contribution >= 0.6 is 0 Å². The quantitative estimate of drug-likeness (QED) is 0.620. The third-order valence-corrected chi connectivity index (χ3v) is 1.43. The second-order valence-corrected chi connectivity index (χ2v) is 2.94. The lowest BCUT2D eigenvalue weighted by molar-refractivity contribution is 0.234. The van der Waals surface area contributed by atoms with Gasteiger partial charge in [0.15, 0.2) is 0 Å². The van der Waals surface area contributed by atoms with E-state index in [2.05, 4.69) is 4.98 Å². The van der Waals surface area contributed by atoms with Crippen molar-refractivity contribution >= 4 is 12.6 Å². The van der Waals surface area contributed by atoms with Crippen LogP contribution in [0.15, 0.2) is 18.3 Å². The molecule has 0 atom stereocenters. The Morgan fingerprint density at radius 3 is 2.69 bits per heavy atom. The smallest absolute Gasteiger partial charge is 0.475 e. The van der Waals surface area contributed by atoms with Gasteiger partial charge in [-0.3, -0.25) is 0 Å². The highest BCUT2D eigenvalue weighted by Crippen LogP contribution is 2.04. The minimum Gasteiger partial charge on any atom is -0.475 e. The second kappa shape index (κ2) is 4.25. The van der Waals surface area contributed by atoms with E-state index in [9.17, 15) is 0 Å². The molecule has 0 amide bonds. The predicted molar refractivity (Wildman–Crippen MR) is 49.8 cm³/mol. The van der Waals surface area contributed by atoms with Crippen molar-refractivity contribution < 1.29 is 14.8 Å². The lowest BCUT2D eigenvalue weighted by Crippen LogP contribution is -2.32. The number of pyridine rings is 1. The fourth-order valence-corrected chi connectivity index (χ4v) is 0.921. The zero-order chi connectivity index (χ0) is 9.84. The van der Waals surface area contributed by atoms with Gasteiger partial charge >= 0.3 is 7.12 Å². The third kappa shape index (κ3) is 2.71. The van der Waals surface area contributed by atoms with Gasteiger partial charge in [0.25, 0.3) is 0 Å². The van der Waals surface area contributed by atoms with Gasteiger partial charge in [0, 0.05) is 11.7 Å². The largest absolute Gasteiger partial charge is 0.494 e. The molecule has 0 unspecified atom stereocenters. The Hall–Kier alpha value is -1.07. The highest BCUT2D eigenvalue weighted by molar-refractivity contribution is 6.59. The van der Waals surface area contributed by atoms with Crippen molar-refractivity contribution in [3.05, 3.63) is 18.3 Å². The van der Waals surface area contributed by atoms with Gasteiger partial charge in [0.1, 0.15) is 0 Å². The summed E-state index contributed by atoms with van der Waals surface area (Å²) in [6, 6.07) is 3.19. The minimum absolute atomic E-state index is 0.0348. The van der Waals surface area contributed by atoms with Gasteiger partial charge in [0.05, 0.1) is 6.10 Å². The summed E-state index contributed by atoms with van der Waals surface area (Å²) >= 11 is 0. The zero-order valence-corrected chi connectivity index (χ0v) is 7.64. The van der Waals surface area contributed by atoms with Gasteiger partial charge in [-0.2, -0.15) is 0 Å². The first-order valence-corrected chi connectivity index (χ1v) is 4.09. The first kappa shape index (κ1) is 10.0. The van der Waals surface area contributed by atoms with Crippen molar-refractivity contribution in [2.45, 2.75) is 20.0 Å². The molecule has 2 N–H and O–H groups in total. The van der Waals surface area contributed by atoms with E-state index in [0.717, 1.165) is 0 Å². The SMILES string of the molecule is CC(C)Oc1ncccc1B(O)O. The number of rotatable bonds is 3. The highest BCUT2D eigenvalue weighted by atomic mass is 16.5. The molecule has 0 aliphatic carbocycles. The number of hydrogen-bond donors (Lipinski definition) is 2. The van der Waals surface area contributed by atoms with Gasteiger partial charge in [-0.25, -0.2) is 4.98 Å². The van der Waals surface area contributed by atoms with Crippen LogP contribution in [0.25, 0.3) is 0 Å². The lowest BCUT2D eigenvalue weighted by atomic mass is 9.81. The van der Waals surface area contributed by atoms with E-state index in [1.807, 2.05) is 13.8 Å². The molecule has 1 aromatic rings. The molecule has 0 saturated heterocycles. The summed E-state index contributed by atoms with van der Waals surface area (Å²) < 4.78 is 5.28. The Morgan fingerprint density at radius 1 is 1.46 bits per heavy atom. The standard InChI is InChI=1S/C8H12BNO3/c1-6(2)13-8-7(9(11)12)4-3-5-10-8/h3-6,11-12H,1-2H3. The van der Waals surface area contributed by atoms with Crippen molar-refractivity contribution in [1.82, 2.24) is 4.98 Å². The molecular formula is C8H12BNO3. The van der Waals surface area contributed by atoms with Crippen molar-refractivity contribution in [2.75, 3.05) is 0 Å². The van der Waals surface area contributed by atoms with Crippen LogP contribution in [0.5, 0.6) is 5.88 Å². The molecule has 0 spiro atoms. The Balaban J connectivity index is 2.91. The molecule has 1 heterocycles. The van der Waals surface area contributed by atoms with Crippen LogP contribution in [-0.4, -0.2) is 28.3 Å². The first-order chi connectivity index (χ1) is 6.11. The minimum atomic E-state index is -1.54. The maximum absolute atomic E-state index is 8.95. The lowest BCUT2D eigenvalue weighted by Gasteiger charge is -2.11. The molecule has 0 aliphatic rings. The van der Waals surface area contributed by atoms with Crippen LogP contribution in [0.3, 0.4) is 0 Å². The molecule has 0 aromatic carbocycles. The number of nitrogens with zero attached hydrogens (tertiary/aromatic N) is 1. The van der Waals surface area contributed by atoms with Gasteiger partial charge in [-0.1, -0.05) is 6.07 Å². The van der Waals surface area contributed by atoms with E-state index < -0.39 is 7.12 Å². The average Bonchev–Trinajstić information content (AvgIpc) is 2.03. The Morgan fingerprint density at radius 2 is 2.15 bits per heavy atom. The van der Waals surface area contributed by atoms with Gasteiger partial charge in [-0.05, 0) is 19.9 Å². The average molecular weight is 181 g/mol. The van der Waals surface area contributed by atoms with Crippen molar-refractivity contribution in [1.29, 1.82) is 0 Å². The second-order valence-electron chi connectivity index (χ2n) is 2.94. The highest BCUT2D eigenvalue weighted by Gasteiger charge is 2.18. The molecule has 4 nitrogen and oxygen atoms in total. The van der Waals surface area contributed by atoms with Gasteiger partial charge in [0.2, 0.25) is 5.88 Å². The van der Waals surface area contributed by atoms with Crippen LogP contribution in [-0.2, 0) is 0 Å². The fraction of sp³-hybridized carbons (Fsp3) is 0.375. The molecule has 0 fully saturated rings. The summed E-state index contributed by atoms with van der Waals surface area (Å²) in [7, 11) is -1.54. The van der Waals surface area contributed by atoms with Gasteiger partial charge < -0.3 is 14.8 Å². The molecule has 0 bridgehead atoms. The monoisotopic (exact) mass is 181 g/mol. The molecule has 0 saturated carbocycles. The van der Waals surface area contributed by atoms with Gasteiger partial charge in [-0.15, -0.1) is 0 Å². The molecule has 0 aliphatic heterocycles. The Kier molecular flexibility index (Phi) is 3.28. The Labute approximate surface area is 77.3 Å². The fourth-order valence-electron chi connectivity index (χ4n) is 0.921. The molecule has 1 aromatic heterocycles. The van der Waals surface area contributed by atoms with E-state index in [0.29, 0.717) is 0 Å². The summed E-state index contributed by atoms with van der Waals surface area (Å²) in [5, 5.41) is 17.9. The normalized spacial score (nSPS) is 10.2. The number of hydrogen-bond acceptors (Lipinski definition) is 4. The van der Waals surface area contributed by atoms with E-state index in [4.69, 9.17) is 14.8 Å². The summed E-state index contributed by atoms with van der Waals surface area (Å²) in [6.07, 6.45) is 1.51. The van der Waals surface area contributed by atoms with Crippen molar-refractivity contribution in [3.8, 4) is 5.88 Å². The predicted octanol–water partition coefficient (Wildman–Crippen LogP) is -0.451. The van der Waals surface area contributed by atoms with Crippen molar-refractivity contribution in [3.63, 3.8) is 0 Å². The summed E-state index contributed by atoms with van der Waals surface area (Å²) in [5.74, 6) is 0.271. The summed E-state index contributed by atoms with van der Waals surface area (Å²) in [5.41, 5.74) is 0.288. The first-order valence-electron chi connectivity index (χ1n) is 4.09. The number of aromatic nitrogens is 1. The van der Waals surface area contributed by atoms with E-state index in [1.165, 1.54) is 0 Å². The number of ether oxygens (including phenoxy) is 1. The van der Waals surface area contributed by atoms with Crippen LogP contribution < -0.4 is 10.2 Å². The van der Waals surface area contributed by atoms with Crippen LogP contribution in [0.2, 0.25) is 0 Å². The summed E-state index contributed by atoms with van der Waals surface area (Å²) in [4.78, 5) is 3.90. The maximum atomic E-state index is 8.95. The van der Waals surface area contributed by atoms with Crippen molar-refractivity contribution in [2.24, 2.45) is 0 Å². The van der Waals surface area contributed by atoms with E-state index >= 15 is 0 Å². The maximum Gasteiger partial charge on any atom is 0.494 e.